The third kappa shape index (κ3) is 3.56. The molecule has 0 fully saturated rings. The van der Waals surface area contributed by atoms with E-state index in [-0.39, 0.29) is 0 Å². The normalized spacial score (nSPS) is 18.9. The van der Waals surface area contributed by atoms with Gasteiger partial charge in [0, 0.05) is 31.1 Å². The molecule has 3 aliphatic heterocycles. The summed E-state index contributed by atoms with van der Waals surface area (Å²) >= 11 is 0. The average Bonchev–Trinajstić information content (AvgIpc) is 3.32. The zero-order valence-electron chi connectivity index (χ0n) is 17.4. The van der Waals surface area contributed by atoms with Crippen molar-refractivity contribution in [3.05, 3.63) is 88.0 Å². The van der Waals surface area contributed by atoms with E-state index in [0.717, 1.165) is 32.3 Å². The summed E-state index contributed by atoms with van der Waals surface area (Å²) in [6, 6.07) is 13.7. The molecule has 28 heavy (non-hydrogen) atoms. The van der Waals surface area contributed by atoms with Gasteiger partial charge in [0.05, 0.1) is 0 Å². The fourth-order valence-corrected chi connectivity index (χ4v) is 4.90. The Labute approximate surface area is 170 Å². The Balaban J connectivity index is 0.000000932. The lowest BCUT2D eigenvalue weighted by Gasteiger charge is -2.28. The van der Waals surface area contributed by atoms with E-state index in [1.807, 2.05) is 13.8 Å². The highest BCUT2D eigenvalue weighted by Gasteiger charge is 2.35. The number of fused-ring (bicyclic) bond motifs is 3. The standard InChI is InChI=1S/C23H25BN2.C2H6/c1-15(2)21-5-3-4-17-10-23-24(12-22(17)21)11-20(26-23)9-16-6-7-18-13-25-14-19(18)8-16;1-2/h3-8,11,23,25-26H,1,9-10,12-14H2,2H3;1-2H3. The van der Waals surface area contributed by atoms with Gasteiger partial charge in [-0.05, 0) is 53.0 Å². The number of benzene rings is 2. The van der Waals surface area contributed by atoms with E-state index >= 15 is 0 Å². The Morgan fingerprint density at radius 2 is 1.93 bits per heavy atom. The van der Waals surface area contributed by atoms with Gasteiger partial charge in [-0.25, -0.2) is 0 Å². The monoisotopic (exact) mass is 370 g/mol. The molecule has 0 aliphatic carbocycles. The van der Waals surface area contributed by atoms with Gasteiger partial charge in [-0.2, -0.15) is 0 Å². The maximum atomic E-state index is 4.18. The Kier molecular flexibility index (Phi) is 5.46. The molecule has 0 saturated carbocycles. The summed E-state index contributed by atoms with van der Waals surface area (Å²) in [5.41, 5.74) is 11.3. The van der Waals surface area contributed by atoms with Gasteiger partial charge < -0.3 is 10.6 Å². The minimum Gasteiger partial charge on any atom is -0.393 e. The van der Waals surface area contributed by atoms with E-state index in [9.17, 15) is 0 Å². The van der Waals surface area contributed by atoms with Crippen LogP contribution >= 0.6 is 0 Å². The molecule has 2 aromatic carbocycles. The first-order valence-corrected chi connectivity index (χ1v) is 10.7. The molecule has 1 unspecified atom stereocenters. The van der Waals surface area contributed by atoms with Crippen molar-refractivity contribution in [2.24, 2.45) is 0 Å². The third-order valence-electron chi connectivity index (χ3n) is 6.21. The minimum atomic E-state index is 0.550. The van der Waals surface area contributed by atoms with Crippen LogP contribution in [0.1, 0.15) is 54.2 Å². The fraction of sp³-hybridized carbons (Fsp3) is 0.360. The summed E-state index contributed by atoms with van der Waals surface area (Å²) in [4.78, 5) is 0. The largest absolute Gasteiger partial charge is 0.393 e. The van der Waals surface area contributed by atoms with Crippen LogP contribution in [0.25, 0.3) is 5.57 Å². The van der Waals surface area contributed by atoms with E-state index in [2.05, 4.69) is 66.5 Å². The molecule has 0 amide bonds. The van der Waals surface area contributed by atoms with Gasteiger partial charge in [-0.15, -0.1) is 0 Å². The second-order valence-corrected chi connectivity index (χ2v) is 8.12. The quantitative estimate of drug-likeness (QED) is 0.768. The predicted octanol–water partition coefficient (Wildman–Crippen LogP) is 4.66. The van der Waals surface area contributed by atoms with E-state index in [4.69, 9.17) is 0 Å². The van der Waals surface area contributed by atoms with Crippen LogP contribution in [0.15, 0.2) is 54.6 Å². The topological polar surface area (TPSA) is 24.1 Å². The van der Waals surface area contributed by atoms with E-state index < -0.39 is 0 Å². The van der Waals surface area contributed by atoms with Crippen LogP contribution in [-0.4, -0.2) is 12.7 Å². The van der Waals surface area contributed by atoms with Gasteiger partial charge in [0.2, 0.25) is 0 Å². The highest BCUT2D eigenvalue weighted by atomic mass is 14.9. The average molecular weight is 370 g/mol. The van der Waals surface area contributed by atoms with Crippen molar-refractivity contribution >= 4 is 12.3 Å². The van der Waals surface area contributed by atoms with Crippen molar-refractivity contribution in [1.82, 2.24) is 10.6 Å². The van der Waals surface area contributed by atoms with Gasteiger partial charge in [0.1, 0.15) is 0 Å². The Bertz CT molecular complexity index is 928. The maximum absolute atomic E-state index is 4.18. The first-order valence-electron chi connectivity index (χ1n) is 10.7. The lowest BCUT2D eigenvalue weighted by molar-refractivity contribution is 0.698. The highest BCUT2D eigenvalue weighted by molar-refractivity contribution is 6.67. The molecule has 1 atom stereocenters. The van der Waals surface area contributed by atoms with Gasteiger partial charge in [-0.1, -0.05) is 68.4 Å². The summed E-state index contributed by atoms with van der Waals surface area (Å²) in [5, 5.41) is 7.26. The first-order chi connectivity index (χ1) is 13.7. The highest BCUT2D eigenvalue weighted by Crippen LogP contribution is 2.31. The number of allylic oxidation sites excluding steroid dienone is 2. The lowest BCUT2D eigenvalue weighted by atomic mass is 9.39. The van der Waals surface area contributed by atoms with Crippen molar-refractivity contribution in [1.29, 1.82) is 0 Å². The van der Waals surface area contributed by atoms with Crippen molar-refractivity contribution < 1.29 is 0 Å². The van der Waals surface area contributed by atoms with Gasteiger partial charge in [0.25, 0.3) is 0 Å². The molecule has 0 spiro atoms. The Morgan fingerprint density at radius 1 is 1.11 bits per heavy atom. The maximum Gasteiger partial charge on any atom is 0.199 e. The molecule has 0 bridgehead atoms. The van der Waals surface area contributed by atoms with Crippen molar-refractivity contribution in [3.8, 4) is 0 Å². The van der Waals surface area contributed by atoms with E-state index in [1.54, 1.807) is 0 Å². The third-order valence-corrected chi connectivity index (χ3v) is 6.21. The van der Waals surface area contributed by atoms with E-state index in [0.29, 0.717) is 12.7 Å². The first kappa shape index (κ1) is 19.1. The summed E-state index contributed by atoms with van der Waals surface area (Å²) in [7, 11) is 0. The summed E-state index contributed by atoms with van der Waals surface area (Å²) in [6.07, 6.45) is 3.27. The number of nitrogens with one attached hydrogen (secondary N) is 2. The zero-order chi connectivity index (χ0) is 19.7. The predicted molar refractivity (Wildman–Crippen MR) is 121 cm³/mol. The summed E-state index contributed by atoms with van der Waals surface area (Å²) in [5.74, 6) is 3.04. The molecule has 0 aromatic heterocycles. The molecular weight excluding hydrogens is 339 g/mol. The summed E-state index contributed by atoms with van der Waals surface area (Å²) < 4.78 is 0. The smallest absolute Gasteiger partial charge is 0.199 e. The number of rotatable bonds is 3. The van der Waals surface area contributed by atoms with Crippen LogP contribution in [0.4, 0.5) is 0 Å². The molecule has 5 rings (SSSR count). The van der Waals surface area contributed by atoms with E-state index in [1.165, 1.54) is 44.7 Å². The van der Waals surface area contributed by atoms with Gasteiger partial charge in [-0.3, -0.25) is 0 Å². The lowest BCUT2D eigenvalue weighted by Crippen LogP contribution is -2.42. The second kappa shape index (κ2) is 8.01. The molecule has 2 aromatic rings. The Hall–Kier alpha value is -2.26. The molecule has 2 nitrogen and oxygen atoms in total. The fourth-order valence-electron chi connectivity index (χ4n) is 4.90. The van der Waals surface area contributed by atoms with Gasteiger partial charge in [0.15, 0.2) is 6.71 Å². The summed E-state index contributed by atoms with van der Waals surface area (Å²) in [6.45, 7) is 12.9. The van der Waals surface area contributed by atoms with Gasteiger partial charge >= 0.3 is 0 Å². The van der Waals surface area contributed by atoms with Crippen molar-refractivity contribution in [2.75, 3.05) is 0 Å². The number of hydrogen-bond donors (Lipinski definition) is 2. The van der Waals surface area contributed by atoms with Crippen LogP contribution in [-0.2, 0) is 32.3 Å². The van der Waals surface area contributed by atoms with Crippen LogP contribution in [0.3, 0.4) is 0 Å². The second-order valence-electron chi connectivity index (χ2n) is 8.12. The van der Waals surface area contributed by atoms with Crippen molar-refractivity contribution in [2.45, 2.75) is 59.0 Å². The minimum absolute atomic E-state index is 0.550. The molecule has 3 aliphatic rings. The van der Waals surface area contributed by atoms with Crippen LogP contribution < -0.4 is 10.6 Å². The van der Waals surface area contributed by atoms with Crippen LogP contribution in [0.2, 0.25) is 0 Å². The zero-order valence-corrected chi connectivity index (χ0v) is 17.4. The van der Waals surface area contributed by atoms with Crippen LogP contribution in [0.5, 0.6) is 0 Å². The molecule has 2 N–H and O–H groups in total. The molecule has 0 saturated heterocycles. The molecular formula is C25H31BN2. The molecule has 3 heterocycles. The number of hydrogen-bond acceptors (Lipinski definition) is 2. The van der Waals surface area contributed by atoms with Crippen molar-refractivity contribution in [3.63, 3.8) is 0 Å². The Morgan fingerprint density at radius 3 is 2.75 bits per heavy atom. The molecule has 144 valence electrons. The SMILES string of the molecule is C=C(C)c1cccc2c1CB1C=C(Cc3ccc4c(c3)CNC4)NC1C2.CC. The van der Waals surface area contributed by atoms with Crippen LogP contribution in [0, 0.1) is 0 Å². The molecule has 3 heteroatoms. The molecule has 0 radical (unpaired) electrons.